The van der Waals surface area contributed by atoms with Crippen molar-refractivity contribution in [1.29, 1.82) is 0 Å². The summed E-state index contributed by atoms with van der Waals surface area (Å²) in [5.41, 5.74) is -0.425. The Morgan fingerprint density at radius 2 is 1.65 bits per heavy atom. The first-order chi connectivity index (χ1) is 10.8. The van der Waals surface area contributed by atoms with E-state index >= 15 is 0 Å². The van der Waals surface area contributed by atoms with Gasteiger partial charge in [-0.15, -0.1) is 0 Å². The number of alkyl carbamates (subject to hydrolysis) is 1. The van der Waals surface area contributed by atoms with Gasteiger partial charge < -0.3 is 15.4 Å². The second-order valence-electron chi connectivity index (χ2n) is 8.56. The summed E-state index contributed by atoms with van der Waals surface area (Å²) in [6.45, 7) is 8.07. The van der Waals surface area contributed by atoms with Gasteiger partial charge in [-0.2, -0.15) is 0 Å². The van der Waals surface area contributed by atoms with Crippen LogP contribution in [0.2, 0.25) is 0 Å². The highest BCUT2D eigenvalue weighted by Crippen LogP contribution is 2.28. The minimum atomic E-state index is -0.425. The summed E-state index contributed by atoms with van der Waals surface area (Å²) in [6, 6.07) is 1.37. The molecule has 23 heavy (non-hydrogen) atoms. The van der Waals surface area contributed by atoms with Crippen LogP contribution in [0.4, 0.5) is 4.79 Å². The Kier molecular flexibility index (Phi) is 6.75. The molecule has 134 valence electrons. The molecule has 2 saturated carbocycles. The highest BCUT2D eigenvalue weighted by molar-refractivity contribution is 5.68. The number of hydrogen-bond donors (Lipinski definition) is 2. The van der Waals surface area contributed by atoms with Gasteiger partial charge in [0.1, 0.15) is 5.60 Å². The summed E-state index contributed by atoms with van der Waals surface area (Å²) in [5, 5.41) is 6.90. The molecule has 2 fully saturated rings. The smallest absolute Gasteiger partial charge is 0.407 e. The maximum absolute atomic E-state index is 11.9. The van der Waals surface area contributed by atoms with E-state index in [4.69, 9.17) is 4.74 Å². The van der Waals surface area contributed by atoms with Crippen molar-refractivity contribution >= 4 is 6.09 Å². The number of nitrogens with one attached hydrogen (secondary N) is 2. The molecule has 4 nitrogen and oxygen atoms in total. The number of amides is 1. The zero-order valence-electron chi connectivity index (χ0n) is 15.5. The van der Waals surface area contributed by atoms with E-state index in [9.17, 15) is 4.79 Å². The van der Waals surface area contributed by atoms with Gasteiger partial charge in [-0.3, -0.25) is 0 Å². The molecule has 2 rings (SSSR count). The van der Waals surface area contributed by atoms with Gasteiger partial charge in [-0.25, -0.2) is 4.79 Å². The van der Waals surface area contributed by atoms with E-state index in [1.165, 1.54) is 44.9 Å². The second kappa shape index (κ2) is 8.36. The minimum Gasteiger partial charge on any atom is -0.444 e. The van der Waals surface area contributed by atoms with Crippen LogP contribution in [0.25, 0.3) is 0 Å². The molecule has 0 radical (unpaired) electrons. The first kappa shape index (κ1) is 18.6. The van der Waals surface area contributed by atoms with Gasteiger partial charge in [0.2, 0.25) is 0 Å². The fourth-order valence-corrected chi connectivity index (χ4v) is 4.09. The van der Waals surface area contributed by atoms with Gasteiger partial charge in [-0.1, -0.05) is 19.3 Å². The molecule has 0 saturated heterocycles. The highest BCUT2D eigenvalue weighted by atomic mass is 16.6. The molecular weight excluding hydrogens is 288 g/mol. The fraction of sp³-hybridized carbons (Fsp3) is 0.947. The van der Waals surface area contributed by atoms with Crippen LogP contribution in [0, 0.1) is 5.92 Å². The first-order valence-electron chi connectivity index (χ1n) is 9.59. The lowest BCUT2D eigenvalue weighted by molar-refractivity contribution is 0.0487. The molecule has 0 aromatic rings. The predicted molar refractivity (Wildman–Crippen MR) is 94.6 cm³/mol. The van der Waals surface area contributed by atoms with Crippen molar-refractivity contribution in [1.82, 2.24) is 10.6 Å². The van der Waals surface area contributed by atoms with Crippen molar-refractivity contribution in [2.45, 2.75) is 109 Å². The van der Waals surface area contributed by atoms with Crippen molar-refractivity contribution in [2.24, 2.45) is 5.92 Å². The molecule has 1 amide bonds. The van der Waals surface area contributed by atoms with Gasteiger partial charge >= 0.3 is 6.09 Å². The Morgan fingerprint density at radius 3 is 2.30 bits per heavy atom. The fourth-order valence-electron chi connectivity index (χ4n) is 4.09. The van der Waals surface area contributed by atoms with Crippen LogP contribution in [-0.2, 0) is 4.74 Å². The van der Waals surface area contributed by atoms with E-state index < -0.39 is 5.60 Å². The SMILES string of the molecule is C[C@@H](NC1CCCC(NC(=O)OC(C)(C)C)C1)C1CCCCC1. The standard InChI is InChI=1S/C19H36N2O2/c1-14(15-9-6-5-7-10-15)20-16-11-8-12-17(13-16)21-18(22)23-19(2,3)4/h14-17,20H,5-13H2,1-4H3,(H,21,22)/t14-,16?,17?/m1/s1. The Morgan fingerprint density at radius 1 is 1.00 bits per heavy atom. The minimum absolute atomic E-state index is 0.245. The summed E-state index contributed by atoms with van der Waals surface area (Å²) in [6.07, 6.45) is 11.2. The molecule has 0 heterocycles. The Balaban J connectivity index is 1.75. The molecule has 0 aromatic heterocycles. The predicted octanol–water partition coefficient (Wildman–Crippen LogP) is 4.38. The van der Waals surface area contributed by atoms with Crippen molar-refractivity contribution in [2.75, 3.05) is 0 Å². The maximum atomic E-state index is 11.9. The lowest BCUT2D eigenvalue weighted by atomic mass is 9.83. The summed E-state index contributed by atoms with van der Waals surface area (Å²) in [5.74, 6) is 0.836. The molecule has 2 N–H and O–H groups in total. The first-order valence-corrected chi connectivity index (χ1v) is 9.59. The Hall–Kier alpha value is -0.770. The summed E-state index contributed by atoms with van der Waals surface area (Å²) >= 11 is 0. The third kappa shape index (κ3) is 6.70. The van der Waals surface area contributed by atoms with Gasteiger partial charge in [0, 0.05) is 18.1 Å². The average molecular weight is 325 g/mol. The van der Waals surface area contributed by atoms with Crippen molar-refractivity contribution in [3.63, 3.8) is 0 Å². The van der Waals surface area contributed by atoms with Crippen LogP contribution < -0.4 is 10.6 Å². The van der Waals surface area contributed by atoms with Gasteiger partial charge in [-0.05, 0) is 72.1 Å². The molecule has 4 heteroatoms. The van der Waals surface area contributed by atoms with Crippen LogP contribution in [0.1, 0.15) is 85.5 Å². The van der Waals surface area contributed by atoms with Crippen LogP contribution in [-0.4, -0.2) is 29.8 Å². The summed E-state index contributed by atoms with van der Waals surface area (Å²) in [4.78, 5) is 11.9. The molecular formula is C19H36N2O2. The summed E-state index contributed by atoms with van der Waals surface area (Å²) in [7, 11) is 0. The maximum Gasteiger partial charge on any atom is 0.407 e. The second-order valence-corrected chi connectivity index (χ2v) is 8.56. The molecule has 3 atom stereocenters. The van der Waals surface area contributed by atoms with E-state index in [2.05, 4.69) is 17.6 Å². The zero-order valence-corrected chi connectivity index (χ0v) is 15.5. The third-order valence-electron chi connectivity index (χ3n) is 5.25. The lowest BCUT2D eigenvalue weighted by Gasteiger charge is -2.36. The van der Waals surface area contributed by atoms with E-state index in [0.29, 0.717) is 12.1 Å². The molecule has 0 spiro atoms. The van der Waals surface area contributed by atoms with E-state index in [1.807, 2.05) is 20.8 Å². The molecule has 2 aliphatic rings. The zero-order chi connectivity index (χ0) is 16.9. The van der Waals surface area contributed by atoms with Crippen LogP contribution in [0.3, 0.4) is 0 Å². The summed E-state index contributed by atoms with van der Waals surface area (Å²) < 4.78 is 5.38. The third-order valence-corrected chi connectivity index (χ3v) is 5.25. The molecule has 2 unspecified atom stereocenters. The van der Waals surface area contributed by atoms with E-state index in [-0.39, 0.29) is 12.1 Å². The molecule has 0 aliphatic heterocycles. The van der Waals surface area contributed by atoms with Crippen molar-refractivity contribution < 1.29 is 9.53 Å². The monoisotopic (exact) mass is 324 g/mol. The molecule has 0 aromatic carbocycles. The van der Waals surface area contributed by atoms with Crippen molar-refractivity contribution in [3.05, 3.63) is 0 Å². The van der Waals surface area contributed by atoms with E-state index in [0.717, 1.165) is 18.8 Å². The quantitative estimate of drug-likeness (QED) is 0.807. The number of ether oxygens (including phenoxy) is 1. The molecule has 0 bridgehead atoms. The lowest BCUT2D eigenvalue weighted by Crippen LogP contribution is -2.49. The van der Waals surface area contributed by atoms with Gasteiger partial charge in [0.25, 0.3) is 0 Å². The van der Waals surface area contributed by atoms with E-state index in [1.54, 1.807) is 0 Å². The number of carbonyl (C=O) groups excluding carboxylic acids is 1. The Bertz CT molecular complexity index is 372. The normalized spacial score (nSPS) is 28.2. The number of rotatable bonds is 4. The van der Waals surface area contributed by atoms with Crippen LogP contribution in [0.5, 0.6) is 0 Å². The van der Waals surface area contributed by atoms with Gasteiger partial charge in [0.05, 0.1) is 0 Å². The number of hydrogen-bond acceptors (Lipinski definition) is 3. The van der Waals surface area contributed by atoms with Crippen LogP contribution in [0.15, 0.2) is 0 Å². The molecule has 2 aliphatic carbocycles. The Labute approximate surface area is 142 Å². The number of carbonyl (C=O) groups is 1. The van der Waals surface area contributed by atoms with Crippen molar-refractivity contribution in [3.8, 4) is 0 Å². The average Bonchev–Trinajstić information content (AvgIpc) is 2.46. The van der Waals surface area contributed by atoms with Gasteiger partial charge in [0.15, 0.2) is 0 Å². The highest BCUT2D eigenvalue weighted by Gasteiger charge is 2.28. The largest absolute Gasteiger partial charge is 0.444 e. The van der Waals surface area contributed by atoms with Crippen LogP contribution >= 0.6 is 0 Å². The topological polar surface area (TPSA) is 50.4 Å².